The summed E-state index contributed by atoms with van der Waals surface area (Å²) in [5.74, 6) is -4.23. The second-order valence-electron chi connectivity index (χ2n) is 8.66. The smallest absolute Gasteiger partial charge is 0.478 e. The van der Waals surface area contributed by atoms with Crippen LogP contribution in [0.3, 0.4) is 0 Å². The lowest BCUT2D eigenvalue weighted by atomic mass is 9.79. The van der Waals surface area contributed by atoms with Crippen LogP contribution in [0.1, 0.15) is 25.3 Å². The molecule has 0 aromatic carbocycles. The zero-order valence-corrected chi connectivity index (χ0v) is 20.8. The Bertz CT molecular complexity index is 1030. The van der Waals surface area contributed by atoms with E-state index in [0.29, 0.717) is 18.4 Å². The van der Waals surface area contributed by atoms with Gasteiger partial charge in [-0.05, 0) is 31.7 Å². The molecule has 0 amide bonds. The number of hydrogen-bond donors (Lipinski definition) is 2. The molecule has 0 bridgehead atoms. The molecule has 16 heteroatoms. The third-order valence-electron chi connectivity index (χ3n) is 5.84. The van der Waals surface area contributed by atoms with Crippen molar-refractivity contribution < 1.29 is 55.6 Å². The van der Waals surface area contributed by atoms with E-state index in [9.17, 15) is 26.3 Å². The van der Waals surface area contributed by atoms with Crippen LogP contribution in [0.4, 0.5) is 26.3 Å². The summed E-state index contributed by atoms with van der Waals surface area (Å²) >= 11 is 0. The fourth-order valence-electron chi connectivity index (χ4n) is 4.02. The van der Waals surface area contributed by atoms with Crippen LogP contribution in [0.5, 0.6) is 5.88 Å². The van der Waals surface area contributed by atoms with Gasteiger partial charge in [-0.2, -0.15) is 31.4 Å². The van der Waals surface area contributed by atoms with E-state index in [4.69, 9.17) is 29.3 Å². The van der Waals surface area contributed by atoms with E-state index in [1.165, 1.54) is 5.56 Å². The molecule has 2 aliphatic rings. The molecule has 0 saturated carbocycles. The van der Waals surface area contributed by atoms with Crippen molar-refractivity contribution in [3.8, 4) is 5.88 Å². The summed E-state index contributed by atoms with van der Waals surface area (Å²) < 4.78 is 77.4. The third-order valence-corrected chi connectivity index (χ3v) is 5.84. The number of carboxylic acid groups (broad SMARTS) is 2. The average Bonchev–Trinajstić information content (AvgIpc) is 3.46. The lowest BCUT2D eigenvalue weighted by molar-refractivity contribution is -0.193. The monoisotopic (exact) mass is 570 g/mol. The highest BCUT2D eigenvalue weighted by molar-refractivity contribution is 5.73. The molecule has 2 aromatic heterocycles. The highest BCUT2D eigenvalue weighted by Crippen LogP contribution is 2.42. The molecule has 2 fully saturated rings. The molecule has 2 saturated heterocycles. The molecule has 1 spiro atoms. The van der Waals surface area contributed by atoms with Crippen molar-refractivity contribution >= 4 is 11.9 Å². The Labute approximate surface area is 219 Å². The maximum absolute atomic E-state index is 10.6. The number of aromatic nitrogens is 3. The molecule has 218 valence electrons. The van der Waals surface area contributed by atoms with Gasteiger partial charge in [-0.1, -0.05) is 6.07 Å². The average molecular weight is 570 g/mol. The van der Waals surface area contributed by atoms with E-state index in [0.717, 1.165) is 45.6 Å². The largest absolute Gasteiger partial charge is 0.490 e. The minimum Gasteiger partial charge on any atom is -0.478 e. The van der Waals surface area contributed by atoms with Crippen LogP contribution in [0.15, 0.2) is 36.8 Å². The Hall–Kier alpha value is -3.40. The van der Waals surface area contributed by atoms with Crippen LogP contribution < -0.4 is 4.74 Å². The lowest BCUT2D eigenvalue weighted by Gasteiger charge is -2.50. The van der Waals surface area contributed by atoms with E-state index >= 15 is 0 Å². The van der Waals surface area contributed by atoms with Gasteiger partial charge in [0.05, 0.1) is 18.4 Å². The number of alkyl halides is 6. The quantitative estimate of drug-likeness (QED) is 0.480. The van der Waals surface area contributed by atoms with Crippen molar-refractivity contribution in [1.82, 2.24) is 19.7 Å². The fourth-order valence-corrected chi connectivity index (χ4v) is 4.02. The van der Waals surface area contributed by atoms with E-state index in [1.54, 1.807) is 6.20 Å². The van der Waals surface area contributed by atoms with Crippen LogP contribution in [-0.4, -0.2) is 86.1 Å². The third kappa shape index (κ3) is 10.0. The van der Waals surface area contributed by atoms with Gasteiger partial charge < -0.3 is 19.7 Å². The lowest BCUT2D eigenvalue weighted by Crippen LogP contribution is -2.64. The van der Waals surface area contributed by atoms with E-state index < -0.39 is 24.3 Å². The van der Waals surface area contributed by atoms with Gasteiger partial charge in [0.15, 0.2) is 0 Å². The van der Waals surface area contributed by atoms with Gasteiger partial charge in [0, 0.05) is 56.8 Å². The summed E-state index contributed by atoms with van der Waals surface area (Å²) in [5.41, 5.74) is 1.32. The molecule has 2 aromatic rings. The molecule has 4 rings (SSSR count). The molecule has 39 heavy (non-hydrogen) atoms. The molecule has 2 N–H and O–H groups in total. The molecule has 10 nitrogen and oxygen atoms in total. The summed E-state index contributed by atoms with van der Waals surface area (Å²) in [6.07, 6.45) is -2.13. The second-order valence-corrected chi connectivity index (χ2v) is 8.66. The number of halogens is 6. The van der Waals surface area contributed by atoms with Crippen LogP contribution in [-0.2, 0) is 27.4 Å². The van der Waals surface area contributed by atoms with Gasteiger partial charge in [-0.3, -0.25) is 9.58 Å². The summed E-state index contributed by atoms with van der Waals surface area (Å²) in [6.45, 7) is 7.59. The highest BCUT2D eigenvalue weighted by Gasteiger charge is 2.52. The predicted molar refractivity (Wildman–Crippen MR) is 122 cm³/mol. The van der Waals surface area contributed by atoms with E-state index in [-0.39, 0.29) is 5.60 Å². The first-order valence-corrected chi connectivity index (χ1v) is 11.7. The maximum Gasteiger partial charge on any atom is 0.490 e. The van der Waals surface area contributed by atoms with Gasteiger partial charge in [-0.25, -0.2) is 14.6 Å². The number of carbonyl (C=O) groups is 2. The van der Waals surface area contributed by atoms with Crippen molar-refractivity contribution in [3.63, 3.8) is 0 Å². The van der Waals surface area contributed by atoms with Crippen LogP contribution in [0.2, 0.25) is 0 Å². The summed E-state index contributed by atoms with van der Waals surface area (Å²) in [6, 6.07) is 5.76. The van der Waals surface area contributed by atoms with Gasteiger partial charge in [0.2, 0.25) is 5.88 Å². The number of pyridine rings is 1. The number of nitrogens with zero attached hydrogens (tertiary/aromatic N) is 4. The number of ether oxygens (including phenoxy) is 2. The Balaban J connectivity index is 0.000000317. The SMILES string of the molecule is CCn1cc(CN2CC3(C2)OCCC3CCOc2ccccn2)cn1.O=C(O)C(F)(F)F.O=C(O)C(F)(F)F. The minimum atomic E-state index is -5.08. The molecule has 2 aliphatic heterocycles. The molecule has 0 radical (unpaired) electrons. The van der Waals surface area contributed by atoms with Gasteiger partial charge >= 0.3 is 24.3 Å². The number of hydrogen-bond acceptors (Lipinski definition) is 7. The second kappa shape index (κ2) is 13.6. The zero-order chi connectivity index (χ0) is 29.3. The zero-order valence-electron chi connectivity index (χ0n) is 20.8. The molecule has 4 heterocycles. The summed E-state index contributed by atoms with van der Waals surface area (Å²) in [7, 11) is 0. The molecule has 0 aliphatic carbocycles. The van der Waals surface area contributed by atoms with Crippen molar-refractivity contribution in [2.24, 2.45) is 5.92 Å². The molecule has 1 atom stereocenters. The predicted octanol–water partition coefficient (Wildman–Crippen LogP) is 3.62. The Morgan fingerprint density at radius 3 is 2.23 bits per heavy atom. The van der Waals surface area contributed by atoms with Crippen molar-refractivity contribution in [1.29, 1.82) is 0 Å². The van der Waals surface area contributed by atoms with Crippen LogP contribution in [0.25, 0.3) is 0 Å². The van der Waals surface area contributed by atoms with Gasteiger partial charge in [0.25, 0.3) is 0 Å². The molecular formula is C23H28F6N4O6. The number of aliphatic carboxylic acids is 2. The van der Waals surface area contributed by atoms with E-state index in [1.807, 2.05) is 29.1 Å². The first kappa shape index (κ1) is 31.8. The first-order chi connectivity index (χ1) is 18.2. The molecular weight excluding hydrogens is 542 g/mol. The summed E-state index contributed by atoms with van der Waals surface area (Å²) in [5, 5.41) is 18.6. The maximum atomic E-state index is 10.6. The number of aryl methyl sites for hydroxylation is 1. The fraction of sp³-hybridized carbons (Fsp3) is 0.565. The summed E-state index contributed by atoms with van der Waals surface area (Å²) in [4.78, 5) is 24.5. The van der Waals surface area contributed by atoms with Crippen LogP contribution >= 0.6 is 0 Å². The van der Waals surface area contributed by atoms with Crippen molar-refractivity contribution in [2.75, 3.05) is 26.3 Å². The normalized spacial score (nSPS) is 18.3. The van der Waals surface area contributed by atoms with Crippen molar-refractivity contribution in [2.45, 2.75) is 50.8 Å². The number of likely N-dealkylation sites (tertiary alicyclic amines) is 1. The Morgan fingerprint density at radius 2 is 1.74 bits per heavy atom. The first-order valence-electron chi connectivity index (χ1n) is 11.7. The highest BCUT2D eigenvalue weighted by atomic mass is 19.4. The Kier molecular flexibility index (Phi) is 11.1. The topological polar surface area (TPSA) is 127 Å². The van der Waals surface area contributed by atoms with Crippen LogP contribution in [0, 0.1) is 5.92 Å². The number of carboxylic acids is 2. The number of rotatable bonds is 7. The molecule has 1 unspecified atom stereocenters. The standard InChI is InChI=1S/C19H26N4O2.2C2HF3O2/c1-2-23-13-16(11-21-23)12-22-14-19(15-22)17(7-10-25-19)6-9-24-18-5-3-4-8-20-18;2*3-2(4,5)1(6)7/h3-5,8,11,13,17H,2,6-7,9-10,12,14-15H2,1H3;2*(H,6,7). The van der Waals surface area contributed by atoms with E-state index in [2.05, 4.69) is 28.1 Å². The minimum absolute atomic E-state index is 0.0359. The van der Waals surface area contributed by atoms with Gasteiger partial charge in [0.1, 0.15) is 0 Å². The van der Waals surface area contributed by atoms with Gasteiger partial charge in [-0.15, -0.1) is 0 Å². The Morgan fingerprint density at radius 1 is 1.13 bits per heavy atom. The van der Waals surface area contributed by atoms with Crippen molar-refractivity contribution in [3.05, 3.63) is 42.4 Å².